The molecule has 0 bridgehead atoms. The van der Waals surface area contributed by atoms with E-state index in [-0.39, 0.29) is 11.5 Å². The third-order valence-electron chi connectivity index (χ3n) is 2.68. The summed E-state index contributed by atoms with van der Waals surface area (Å²) in [5.74, 6) is -1.65. The number of hydrogen-bond acceptors (Lipinski definition) is 3. The van der Waals surface area contributed by atoms with Crippen molar-refractivity contribution < 1.29 is 23.2 Å². The Balaban J connectivity index is 2.81. The van der Waals surface area contributed by atoms with Gasteiger partial charge in [0.25, 0.3) is 0 Å². The van der Waals surface area contributed by atoms with Crippen LogP contribution in [0, 0.1) is 5.92 Å². The summed E-state index contributed by atoms with van der Waals surface area (Å²) in [6, 6.07) is 4.00. The van der Waals surface area contributed by atoms with Crippen LogP contribution in [0.15, 0.2) is 29.4 Å². The minimum absolute atomic E-state index is 0.201. The van der Waals surface area contributed by atoms with Crippen molar-refractivity contribution in [3.8, 4) is 0 Å². The van der Waals surface area contributed by atoms with Gasteiger partial charge in [-0.2, -0.15) is 13.2 Å². The molecule has 110 valence electrons. The number of benzene rings is 1. The first-order valence-electron chi connectivity index (χ1n) is 5.75. The number of amidine groups is 1. The predicted octanol–water partition coefficient (Wildman–Crippen LogP) is 2.42. The van der Waals surface area contributed by atoms with Crippen molar-refractivity contribution in [1.29, 1.82) is 0 Å². The van der Waals surface area contributed by atoms with E-state index in [9.17, 15) is 18.0 Å². The molecule has 1 aromatic carbocycles. The lowest BCUT2D eigenvalue weighted by Gasteiger charge is -2.14. The number of hydrogen-bond donors (Lipinski definition) is 3. The van der Waals surface area contributed by atoms with E-state index in [1.165, 1.54) is 0 Å². The average Bonchev–Trinajstić information content (AvgIpc) is 2.38. The topological polar surface area (TPSA) is 87.7 Å². The Morgan fingerprint density at radius 3 is 2.35 bits per heavy atom. The predicted molar refractivity (Wildman–Crippen MR) is 67.3 cm³/mol. The van der Waals surface area contributed by atoms with Crippen LogP contribution in [0.5, 0.6) is 0 Å². The van der Waals surface area contributed by atoms with E-state index in [0.717, 1.165) is 24.3 Å². The highest BCUT2D eigenvalue weighted by atomic mass is 19.4. The van der Waals surface area contributed by atoms with Gasteiger partial charge in [0.1, 0.15) is 0 Å². The molecule has 1 amide bonds. The van der Waals surface area contributed by atoms with Crippen LogP contribution in [-0.2, 0) is 11.0 Å². The van der Waals surface area contributed by atoms with E-state index in [4.69, 9.17) is 10.9 Å². The van der Waals surface area contributed by atoms with Gasteiger partial charge in [0.15, 0.2) is 5.84 Å². The molecule has 1 rings (SSSR count). The van der Waals surface area contributed by atoms with E-state index >= 15 is 0 Å². The highest BCUT2D eigenvalue weighted by Gasteiger charge is 2.30. The van der Waals surface area contributed by atoms with Crippen molar-refractivity contribution in [3.63, 3.8) is 0 Å². The quantitative estimate of drug-likeness (QED) is 0.344. The molecule has 1 atom stereocenters. The third kappa shape index (κ3) is 3.87. The first kappa shape index (κ1) is 15.8. The van der Waals surface area contributed by atoms with Crippen molar-refractivity contribution >= 4 is 17.4 Å². The van der Waals surface area contributed by atoms with Gasteiger partial charge in [0.2, 0.25) is 5.91 Å². The number of anilines is 1. The summed E-state index contributed by atoms with van der Waals surface area (Å²) in [5, 5.41) is 13.7. The lowest BCUT2D eigenvalue weighted by Crippen LogP contribution is -2.34. The Bertz CT molecular complexity index is 498. The summed E-state index contributed by atoms with van der Waals surface area (Å²) in [5.41, 5.74) is 4.75. The molecule has 0 fully saturated rings. The van der Waals surface area contributed by atoms with E-state index in [2.05, 4.69) is 10.5 Å². The van der Waals surface area contributed by atoms with Crippen molar-refractivity contribution in [2.45, 2.75) is 19.5 Å². The molecule has 0 radical (unpaired) electrons. The number of carbonyl (C=O) groups excluding carboxylic acids is 1. The van der Waals surface area contributed by atoms with Gasteiger partial charge in [-0.15, -0.1) is 0 Å². The molecular formula is C12H14F3N3O2. The molecular weight excluding hydrogens is 275 g/mol. The van der Waals surface area contributed by atoms with Gasteiger partial charge in [-0.3, -0.25) is 4.79 Å². The minimum Gasteiger partial charge on any atom is -0.409 e. The van der Waals surface area contributed by atoms with Crippen LogP contribution in [0.25, 0.3) is 0 Å². The van der Waals surface area contributed by atoms with Gasteiger partial charge in [-0.25, -0.2) is 0 Å². The van der Waals surface area contributed by atoms with Crippen LogP contribution in [-0.4, -0.2) is 17.0 Å². The van der Waals surface area contributed by atoms with Crippen LogP contribution >= 0.6 is 0 Å². The molecule has 20 heavy (non-hydrogen) atoms. The van der Waals surface area contributed by atoms with Gasteiger partial charge in [0, 0.05) is 5.69 Å². The van der Waals surface area contributed by atoms with Crippen LogP contribution < -0.4 is 11.1 Å². The normalized spacial score (nSPS) is 13.9. The van der Waals surface area contributed by atoms with E-state index in [1.807, 2.05) is 0 Å². The van der Waals surface area contributed by atoms with E-state index in [0.29, 0.717) is 6.42 Å². The zero-order chi connectivity index (χ0) is 15.3. The molecule has 4 N–H and O–H groups in total. The molecule has 0 aliphatic rings. The van der Waals surface area contributed by atoms with Crippen LogP contribution in [0.1, 0.15) is 18.9 Å². The molecule has 5 nitrogen and oxygen atoms in total. The number of nitrogens with zero attached hydrogens (tertiary/aromatic N) is 1. The zero-order valence-electron chi connectivity index (χ0n) is 10.6. The highest BCUT2D eigenvalue weighted by Crippen LogP contribution is 2.29. The first-order valence-corrected chi connectivity index (χ1v) is 5.75. The fourth-order valence-electron chi connectivity index (χ4n) is 1.57. The lowest BCUT2D eigenvalue weighted by molar-refractivity contribution is -0.137. The van der Waals surface area contributed by atoms with Crippen LogP contribution in [0.2, 0.25) is 0 Å². The Kier molecular flexibility index (Phi) is 4.95. The van der Waals surface area contributed by atoms with Crippen LogP contribution in [0.3, 0.4) is 0 Å². The van der Waals surface area contributed by atoms with Crippen molar-refractivity contribution in [2.75, 3.05) is 5.32 Å². The highest BCUT2D eigenvalue weighted by molar-refractivity contribution is 6.07. The standard InChI is InChI=1S/C12H14F3N3O2/c1-2-9(10(16)18-20)11(19)17-8-5-3-7(4-6-8)12(13,14)15/h3-6,9,20H,2H2,1H3,(H2,16,18)(H,17,19). The summed E-state index contributed by atoms with van der Waals surface area (Å²) in [6.45, 7) is 1.66. The largest absolute Gasteiger partial charge is 0.416 e. The van der Waals surface area contributed by atoms with Gasteiger partial charge >= 0.3 is 6.18 Å². The molecule has 0 aromatic heterocycles. The number of carbonyl (C=O) groups is 1. The molecule has 8 heteroatoms. The van der Waals surface area contributed by atoms with Gasteiger partial charge in [-0.1, -0.05) is 12.1 Å². The Morgan fingerprint density at radius 1 is 1.40 bits per heavy atom. The maximum atomic E-state index is 12.4. The fourth-order valence-corrected chi connectivity index (χ4v) is 1.57. The Morgan fingerprint density at radius 2 is 1.95 bits per heavy atom. The number of nitrogens with one attached hydrogen (secondary N) is 1. The van der Waals surface area contributed by atoms with Gasteiger partial charge < -0.3 is 16.3 Å². The van der Waals surface area contributed by atoms with Crippen LogP contribution in [0.4, 0.5) is 18.9 Å². The molecule has 0 aliphatic carbocycles. The summed E-state index contributed by atoms with van der Waals surface area (Å²) in [7, 11) is 0. The Labute approximate surface area is 113 Å². The number of oxime groups is 1. The minimum atomic E-state index is -4.43. The third-order valence-corrected chi connectivity index (χ3v) is 2.68. The number of halogens is 3. The average molecular weight is 289 g/mol. The molecule has 0 aliphatic heterocycles. The summed E-state index contributed by atoms with van der Waals surface area (Å²) in [6.07, 6.45) is -4.13. The molecule has 0 spiro atoms. The molecule has 0 heterocycles. The lowest BCUT2D eigenvalue weighted by atomic mass is 10.0. The van der Waals surface area contributed by atoms with E-state index in [1.54, 1.807) is 6.92 Å². The maximum Gasteiger partial charge on any atom is 0.416 e. The second kappa shape index (κ2) is 6.27. The second-order valence-corrected chi connectivity index (χ2v) is 4.05. The fraction of sp³-hybridized carbons (Fsp3) is 0.333. The number of nitrogens with two attached hydrogens (primary N) is 1. The van der Waals surface area contributed by atoms with Crippen molar-refractivity contribution in [2.24, 2.45) is 16.8 Å². The molecule has 1 aromatic rings. The molecule has 0 saturated carbocycles. The number of rotatable bonds is 4. The molecule has 1 unspecified atom stereocenters. The monoisotopic (exact) mass is 289 g/mol. The zero-order valence-corrected chi connectivity index (χ0v) is 10.6. The number of alkyl halides is 3. The summed E-state index contributed by atoms with van der Waals surface area (Å²) >= 11 is 0. The van der Waals surface area contributed by atoms with Crippen molar-refractivity contribution in [1.82, 2.24) is 0 Å². The van der Waals surface area contributed by atoms with E-state index < -0.39 is 23.6 Å². The van der Waals surface area contributed by atoms with Gasteiger partial charge in [-0.05, 0) is 30.7 Å². The maximum absolute atomic E-state index is 12.4. The second-order valence-electron chi connectivity index (χ2n) is 4.05. The smallest absolute Gasteiger partial charge is 0.409 e. The Hall–Kier alpha value is -2.25. The van der Waals surface area contributed by atoms with Crippen molar-refractivity contribution in [3.05, 3.63) is 29.8 Å². The van der Waals surface area contributed by atoms with Gasteiger partial charge in [0.05, 0.1) is 11.5 Å². The molecule has 0 saturated heterocycles. The summed E-state index contributed by atoms with van der Waals surface area (Å²) in [4.78, 5) is 11.8. The summed E-state index contributed by atoms with van der Waals surface area (Å²) < 4.78 is 37.1. The number of amides is 1. The SMILES string of the molecule is CCC(C(=O)Nc1ccc(C(F)(F)F)cc1)C(N)=NO. The first-order chi connectivity index (χ1) is 9.29.